The van der Waals surface area contributed by atoms with Crippen molar-refractivity contribution in [2.75, 3.05) is 6.61 Å². The molecule has 0 unspecified atom stereocenters. The molecular weight excluding hydrogens is 312 g/mol. The van der Waals surface area contributed by atoms with Crippen LogP contribution in [-0.4, -0.2) is 18.7 Å². The van der Waals surface area contributed by atoms with Crippen LogP contribution in [0.1, 0.15) is 56.8 Å². The first-order chi connectivity index (χ1) is 12.1. The molecule has 2 aromatic carbocycles. The van der Waals surface area contributed by atoms with E-state index in [2.05, 4.69) is 6.92 Å². The monoisotopic (exact) mass is 340 g/mol. The first-order valence-electron chi connectivity index (χ1n) is 9.14. The molecule has 0 bridgehead atoms. The SMILES string of the molecule is CCCCCCOc1ccc(-c2ccc(C(=O)OC(C)C)cc2)cc1. The van der Waals surface area contributed by atoms with Crippen molar-refractivity contribution < 1.29 is 14.3 Å². The van der Waals surface area contributed by atoms with Crippen molar-refractivity contribution in [1.82, 2.24) is 0 Å². The molecule has 0 atom stereocenters. The van der Waals surface area contributed by atoms with Gasteiger partial charge in [0.2, 0.25) is 0 Å². The highest BCUT2D eigenvalue weighted by atomic mass is 16.5. The summed E-state index contributed by atoms with van der Waals surface area (Å²) in [6.45, 7) is 6.67. The van der Waals surface area contributed by atoms with Gasteiger partial charge in [-0.05, 0) is 55.7 Å². The Morgan fingerprint density at radius 3 is 2.04 bits per heavy atom. The minimum absolute atomic E-state index is 0.110. The standard InChI is InChI=1S/C22H28O3/c1-4-5-6-7-16-24-21-14-12-19(13-15-21)18-8-10-20(11-9-18)22(23)25-17(2)3/h8-15,17H,4-7,16H2,1-3H3. The number of carbonyl (C=O) groups is 1. The third-order valence-corrected chi connectivity index (χ3v) is 3.92. The summed E-state index contributed by atoms with van der Waals surface area (Å²) in [5.74, 6) is 0.616. The molecule has 0 saturated carbocycles. The minimum atomic E-state index is -0.284. The molecule has 0 heterocycles. The summed E-state index contributed by atoms with van der Waals surface area (Å²) < 4.78 is 11.0. The minimum Gasteiger partial charge on any atom is -0.494 e. The van der Waals surface area contributed by atoms with Crippen LogP contribution in [0.3, 0.4) is 0 Å². The van der Waals surface area contributed by atoms with E-state index in [4.69, 9.17) is 9.47 Å². The lowest BCUT2D eigenvalue weighted by atomic mass is 10.0. The Bertz CT molecular complexity index is 642. The zero-order chi connectivity index (χ0) is 18.1. The van der Waals surface area contributed by atoms with E-state index in [0.29, 0.717) is 5.56 Å². The van der Waals surface area contributed by atoms with Gasteiger partial charge in [0.05, 0.1) is 18.3 Å². The fraction of sp³-hybridized carbons (Fsp3) is 0.409. The summed E-state index contributed by atoms with van der Waals surface area (Å²) >= 11 is 0. The second-order valence-corrected chi connectivity index (χ2v) is 6.46. The van der Waals surface area contributed by atoms with Crippen LogP contribution in [0.25, 0.3) is 11.1 Å². The van der Waals surface area contributed by atoms with E-state index in [1.54, 1.807) is 12.1 Å². The van der Waals surface area contributed by atoms with Crippen molar-refractivity contribution in [3.05, 3.63) is 54.1 Å². The summed E-state index contributed by atoms with van der Waals surface area (Å²) in [4.78, 5) is 11.9. The third kappa shape index (κ3) is 6.26. The number of hydrogen-bond acceptors (Lipinski definition) is 3. The van der Waals surface area contributed by atoms with Gasteiger partial charge in [-0.25, -0.2) is 4.79 Å². The molecule has 0 aromatic heterocycles. The highest BCUT2D eigenvalue weighted by molar-refractivity contribution is 5.90. The number of hydrogen-bond donors (Lipinski definition) is 0. The summed E-state index contributed by atoms with van der Waals surface area (Å²) in [6.07, 6.45) is 4.72. The summed E-state index contributed by atoms with van der Waals surface area (Å²) in [5, 5.41) is 0. The van der Waals surface area contributed by atoms with Crippen molar-refractivity contribution >= 4 is 5.97 Å². The second kappa shape index (κ2) is 9.87. The smallest absolute Gasteiger partial charge is 0.338 e. The average molecular weight is 340 g/mol. The summed E-state index contributed by atoms with van der Waals surface area (Å²) in [6, 6.07) is 15.6. The fourth-order valence-electron chi connectivity index (χ4n) is 2.54. The van der Waals surface area contributed by atoms with Gasteiger partial charge in [-0.15, -0.1) is 0 Å². The maximum atomic E-state index is 11.9. The van der Waals surface area contributed by atoms with Gasteiger partial charge in [-0.2, -0.15) is 0 Å². The number of benzene rings is 2. The highest BCUT2D eigenvalue weighted by Crippen LogP contribution is 2.23. The summed E-state index contributed by atoms with van der Waals surface area (Å²) in [7, 11) is 0. The second-order valence-electron chi connectivity index (χ2n) is 6.46. The molecule has 0 aliphatic carbocycles. The zero-order valence-corrected chi connectivity index (χ0v) is 15.5. The van der Waals surface area contributed by atoms with Gasteiger partial charge in [0.15, 0.2) is 0 Å². The molecule has 3 heteroatoms. The van der Waals surface area contributed by atoms with Crippen LogP contribution in [0, 0.1) is 0 Å². The van der Waals surface area contributed by atoms with E-state index in [0.717, 1.165) is 29.9 Å². The lowest BCUT2D eigenvalue weighted by molar-refractivity contribution is 0.0378. The first kappa shape index (κ1) is 19.0. The van der Waals surface area contributed by atoms with Gasteiger partial charge in [-0.1, -0.05) is 50.5 Å². The Morgan fingerprint density at radius 2 is 1.48 bits per heavy atom. The van der Waals surface area contributed by atoms with Crippen LogP contribution in [0.2, 0.25) is 0 Å². The summed E-state index contributed by atoms with van der Waals surface area (Å²) in [5.41, 5.74) is 2.74. The van der Waals surface area contributed by atoms with Crippen LogP contribution in [0.15, 0.2) is 48.5 Å². The van der Waals surface area contributed by atoms with Gasteiger partial charge in [-0.3, -0.25) is 0 Å². The average Bonchev–Trinajstić information content (AvgIpc) is 2.62. The molecular formula is C22H28O3. The molecule has 2 rings (SSSR count). The Morgan fingerprint density at radius 1 is 0.880 bits per heavy atom. The first-order valence-corrected chi connectivity index (χ1v) is 9.14. The maximum Gasteiger partial charge on any atom is 0.338 e. The van der Waals surface area contributed by atoms with E-state index < -0.39 is 0 Å². The normalized spacial score (nSPS) is 10.7. The largest absolute Gasteiger partial charge is 0.494 e. The lowest BCUT2D eigenvalue weighted by Gasteiger charge is -2.09. The predicted octanol–water partition coefficient (Wildman–Crippen LogP) is 5.88. The fourth-order valence-corrected chi connectivity index (χ4v) is 2.54. The van der Waals surface area contributed by atoms with Gasteiger partial charge < -0.3 is 9.47 Å². The maximum absolute atomic E-state index is 11.9. The van der Waals surface area contributed by atoms with Crippen molar-refractivity contribution in [2.45, 2.75) is 52.6 Å². The molecule has 0 aliphatic rings. The van der Waals surface area contributed by atoms with Gasteiger partial charge in [0, 0.05) is 0 Å². The molecule has 134 valence electrons. The predicted molar refractivity (Wildman–Crippen MR) is 102 cm³/mol. The van der Waals surface area contributed by atoms with Crippen molar-refractivity contribution in [3.63, 3.8) is 0 Å². The quantitative estimate of drug-likeness (QED) is 0.422. The Kier molecular flexibility index (Phi) is 7.52. The van der Waals surface area contributed by atoms with E-state index in [1.807, 2.05) is 50.2 Å². The Balaban J connectivity index is 1.92. The van der Waals surface area contributed by atoms with Crippen LogP contribution in [0.5, 0.6) is 5.75 Å². The molecule has 0 amide bonds. The molecule has 0 saturated heterocycles. The van der Waals surface area contributed by atoms with E-state index in [1.165, 1.54) is 19.3 Å². The number of ether oxygens (including phenoxy) is 2. The lowest BCUT2D eigenvalue weighted by Crippen LogP contribution is -2.11. The molecule has 0 radical (unpaired) electrons. The molecule has 2 aromatic rings. The number of esters is 1. The highest BCUT2D eigenvalue weighted by Gasteiger charge is 2.09. The third-order valence-electron chi connectivity index (χ3n) is 3.92. The van der Waals surface area contributed by atoms with Crippen molar-refractivity contribution in [3.8, 4) is 16.9 Å². The molecule has 0 spiro atoms. The Labute approximate surface area is 151 Å². The van der Waals surface area contributed by atoms with Crippen LogP contribution >= 0.6 is 0 Å². The molecule has 0 N–H and O–H groups in total. The van der Waals surface area contributed by atoms with E-state index in [-0.39, 0.29) is 12.1 Å². The van der Waals surface area contributed by atoms with Crippen LogP contribution < -0.4 is 4.74 Å². The van der Waals surface area contributed by atoms with Gasteiger partial charge in [0.1, 0.15) is 5.75 Å². The van der Waals surface area contributed by atoms with Crippen molar-refractivity contribution in [2.24, 2.45) is 0 Å². The van der Waals surface area contributed by atoms with E-state index >= 15 is 0 Å². The topological polar surface area (TPSA) is 35.5 Å². The molecule has 0 fully saturated rings. The molecule has 3 nitrogen and oxygen atoms in total. The molecule has 0 aliphatic heterocycles. The van der Waals surface area contributed by atoms with Crippen LogP contribution in [-0.2, 0) is 4.74 Å². The number of rotatable bonds is 9. The number of carbonyl (C=O) groups excluding carboxylic acids is 1. The van der Waals surface area contributed by atoms with Crippen LogP contribution in [0.4, 0.5) is 0 Å². The number of unbranched alkanes of at least 4 members (excludes halogenated alkanes) is 3. The Hall–Kier alpha value is -2.29. The van der Waals surface area contributed by atoms with E-state index in [9.17, 15) is 4.79 Å². The zero-order valence-electron chi connectivity index (χ0n) is 15.5. The molecule has 25 heavy (non-hydrogen) atoms. The van der Waals surface area contributed by atoms with Gasteiger partial charge >= 0.3 is 5.97 Å². The van der Waals surface area contributed by atoms with Crippen molar-refractivity contribution in [1.29, 1.82) is 0 Å². The van der Waals surface area contributed by atoms with Gasteiger partial charge in [0.25, 0.3) is 0 Å².